The van der Waals surface area contributed by atoms with Crippen molar-refractivity contribution >= 4 is 19.2 Å². The summed E-state index contributed by atoms with van der Waals surface area (Å²) in [5.74, 6) is 0.156. The lowest BCUT2D eigenvalue weighted by molar-refractivity contribution is -0.0368. The standard InChI is InChI=1S/C28H43FN4O5Si/c1-20(34)19-36-14-13-35-12-10-32-18-21(17-30-32)26-23-15-22(38-39(5,6)28(2,3)4)16-24(29)27(23)33(31-26)25-9-7-8-11-37-25/h15-18,20,25,34H,7-14,19H2,1-6H3/t20-,25?/m0/s1. The molecule has 9 nitrogen and oxygen atoms in total. The van der Waals surface area contributed by atoms with Gasteiger partial charge in [0.2, 0.25) is 8.32 Å². The van der Waals surface area contributed by atoms with Gasteiger partial charge in [-0.1, -0.05) is 20.8 Å². The summed E-state index contributed by atoms with van der Waals surface area (Å²) in [4.78, 5) is 0. The Bertz CT molecular complexity index is 1230. The Labute approximate surface area is 231 Å². The van der Waals surface area contributed by atoms with E-state index in [0.29, 0.717) is 61.9 Å². The molecule has 0 radical (unpaired) electrons. The van der Waals surface area contributed by atoms with Crippen LogP contribution in [0.1, 0.15) is 53.2 Å². The molecule has 0 aliphatic carbocycles. The topological polar surface area (TPSA) is 92.8 Å². The molecular weight excluding hydrogens is 519 g/mol. The Morgan fingerprint density at radius 3 is 2.64 bits per heavy atom. The number of ether oxygens (including phenoxy) is 3. The third-order valence-electron chi connectivity index (χ3n) is 7.44. The monoisotopic (exact) mass is 562 g/mol. The molecule has 1 aliphatic rings. The highest BCUT2D eigenvalue weighted by Gasteiger charge is 2.39. The third-order valence-corrected chi connectivity index (χ3v) is 11.8. The van der Waals surface area contributed by atoms with Crippen molar-refractivity contribution in [2.24, 2.45) is 0 Å². The minimum absolute atomic E-state index is 0.0199. The Morgan fingerprint density at radius 1 is 1.18 bits per heavy atom. The number of halogens is 1. The maximum absolute atomic E-state index is 15.8. The maximum Gasteiger partial charge on any atom is 0.250 e. The number of aliphatic hydroxyl groups excluding tert-OH is 1. The van der Waals surface area contributed by atoms with Gasteiger partial charge < -0.3 is 23.7 Å². The van der Waals surface area contributed by atoms with Gasteiger partial charge >= 0.3 is 0 Å². The van der Waals surface area contributed by atoms with Gasteiger partial charge in [0.15, 0.2) is 12.0 Å². The molecule has 1 saturated heterocycles. The minimum atomic E-state index is -2.18. The largest absolute Gasteiger partial charge is 0.543 e. The molecule has 3 heterocycles. The van der Waals surface area contributed by atoms with Crippen molar-refractivity contribution in [1.82, 2.24) is 19.6 Å². The second kappa shape index (κ2) is 12.5. The van der Waals surface area contributed by atoms with Crippen molar-refractivity contribution in [3.8, 4) is 17.0 Å². The van der Waals surface area contributed by atoms with Gasteiger partial charge in [-0.2, -0.15) is 10.2 Å². The SMILES string of the molecule is C[C@H](O)COCCOCCn1cc(-c2nn(C3CCCCO3)c3c(F)cc(O[Si](C)(C)C(C)(C)C)cc23)cn1. The van der Waals surface area contributed by atoms with E-state index in [9.17, 15) is 5.11 Å². The van der Waals surface area contributed by atoms with Crippen molar-refractivity contribution in [2.75, 3.05) is 33.0 Å². The summed E-state index contributed by atoms with van der Waals surface area (Å²) in [5, 5.41) is 19.3. The van der Waals surface area contributed by atoms with Crippen LogP contribution < -0.4 is 4.43 Å². The Balaban J connectivity index is 1.59. The van der Waals surface area contributed by atoms with Crippen LogP contribution >= 0.6 is 0 Å². The first-order valence-electron chi connectivity index (χ1n) is 13.8. The first-order valence-corrected chi connectivity index (χ1v) is 16.8. The molecule has 1 aliphatic heterocycles. The van der Waals surface area contributed by atoms with Gasteiger partial charge in [0, 0.05) is 29.8 Å². The van der Waals surface area contributed by atoms with Crippen LogP contribution in [-0.4, -0.2) is 72.1 Å². The first-order chi connectivity index (χ1) is 18.5. The van der Waals surface area contributed by atoms with Gasteiger partial charge in [-0.05, 0) is 50.4 Å². The van der Waals surface area contributed by atoms with Gasteiger partial charge in [-0.25, -0.2) is 9.07 Å². The highest BCUT2D eigenvalue weighted by Crippen LogP contribution is 2.40. The number of hydrogen-bond donors (Lipinski definition) is 1. The molecule has 1 aromatic carbocycles. The van der Waals surface area contributed by atoms with E-state index >= 15 is 4.39 Å². The zero-order chi connectivity index (χ0) is 28.2. The van der Waals surface area contributed by atoms with Crippen LogP contribution in [0.5, 0.6) is 5.75 Å². The predicted molar refractivity (Wildman–Crippen MR) is 151 cm³/mol. The predicted octanol–water partition coefficient (Wildman–Crippen LogP) is 5.54. The van der Waals surface area contributed by atoms with E-state index < -0.39 is 14.4 Å². The summed E-state index contributed by atoms with van der Waals surface area (Å²) >= 11 is 0. The Kier molecular flexibility index (Phi) is 9.48. The normalized spacial score (nSPS) is 17.6. The molecule has 0 spiro atoms. The van der Waals surface area contributed by atoms with Crippen molar-refractivity contribution in [2.45, 2.75) is 84.0 Å². The lowest BCUT2D eigenvalue weighted by atomic mass is 10.1. The fraction of sp³-hybridized carbons (Fsp3) is 0.643. The first kappa shape index (κ1) is 29.7. The lowest BCUT2D eigenvalue weighted by Crippen LogP contribution is -2.43. The van der Waals surface area contributed by atoms with Crippen LogP contribution in [0.2, 0.25) is 18.1 Å². The highest BCUT2D eigenvalue weighted by atomic mass is 28.4. The number of aromatic nitrogens is 4. The smallest absolute Gasteiger partial charge is 0.250 e. The highest BCUT2D eigenvalue weighted by molar-refractivity contribution is 6.74. The van der Waals surface area contributed by atoms with E-state index in [1.54, 1.807) is 22.5 Å². The molecule has 39 heavy (non-hydrogen) atoms. The Hall–Kier alpha value is -2.31. The van der Waals surface area contributed by atoms with Crippen LogP contribution in [0.15, 0.2) is 24.5 Å². The number of nitrogens with zero attached hydrogens (tertiary/aromatic N) is 4. The number of aliphatic hydroxyl groups is 1. The van der Waals surface area contributed by atoms with Gasteiger partial charge in [-0.15, -0.1) is 0 Å². The summed E-state index contributed by atoms with van der Waals surface area (Å²) in [7, 11) is -2.18. The zero-order valence-electron chi connectivity index (χ0n) is 24.1. The van der Waals surface area contributed by atoms with Crippen molar-refractivity contribution in [3.05, 3.63) is 30.3 Å². The Morgan fingerprint density at radius 2 is 1.95 bits per heavy atom. The molecule has 0 amide bonds. The van der Waals surface area contributed by atoms with Crippen LogP contribution in [0.25, 0.3) is 22.2 Å². The minimum Gasteiger partial charge on any atom is -0.543 e. The average Bonchev–Trinajstić information content (AvgIpc) is 3.48. The van der Waals surface area contributed by atoms with Crippen molar-refractivity contribution in [1.29, 1.82) is 0 Å². The summed E-state index contributed by atoms with van der Waals surface area (Å²) in [6.45, 7) is 15.3. The molecule has 1 N–H and O–H groups in total. The molecule has 0 saturated carbocycles. The summed E-state index contributed by atoms with van der Waals surface area (Å²) in [5.41, 5.74) is 1.86. The molecular formula is C28H43FN4O5Si. The molecule has 11 heteroatoms. The van der Waals surface area contributed by atoms with Crippen LogP contribution in [0, 0.1) is 5.82 Å². The number of hydrogen-bond acceptors (Lipinski definition) is 7. The van der Waals surface area contributed by atoms with Gasteiger partial charge in [-0.3, -0.25) is 4.68 Å². The van der Waals surface area contributed by atoms with E-state index in [2.05, 4.69) is 39.0 Å². The van der Waals surface area contributed by atoms with Crippen LogP contribution in [0.3, 0.4) is 0 Å². The van der Waals surface area contributed by atoms with Gasteiger partial charge in [0.1, 0.15) is 17.0 Å². The lowest BCUT2D eigenvalue weighted by Gasteiger charge is -2.36. The van der Waals surface area contributed by atoms with Gasteiger partial charge in [0.05, 0.1) is 45.3 Å². The second-order valence-corrected chi connectivity index (χ2v) is 16.5. The molecule has 1 unspecified atom stereocenters. The van der Waals surface area contributed by atoms with Crippen molar-refractivity contribution in [3.63, 3.8) is 0 Å². The fourth-order valence-corrected chi connectivity index (χ4v) is 5.30. The summed E-state index contributed by atoms with van der Waals surface area (Å²) < 4.78 is 42.7. The number of rotatable bonds is 12. The number of benzene rings is 1. The summed E-state index contributed by atoms with van der Waals surface area (Å²) in [6, 6.07) is 3.40. The van der Waals surface area contributed by atoms with Crippen LogP contribution in [0.4, 0.5) is 4.39 Å². The summed E-state index contributed by atoms with van der Waals surface area (Å²) in [6.07, 6.45) is 5.65. The fourth-order valence-electron chi connectivity index (χ4n) is 4.28. The van der Waals surface area contributed by atoms with E-state index in [-0.39, 0.29) is 17.1 Å². The molecule has 0 bridgehead atoms. The van der Waals surface area contributed by atoms with Crippen molar-refractivity contribution < 1.29 is 28.1 Å². The molecule has 3 aromatic rings. The van der Waals surface area contributed by atoms with E-state index in [1.165, 1.54) is 6.07 Å². The molecule has 216 valence electrons. The molecule has 1 fully saturated rings. The number of fused-ring (bicyclic) bond motifs is 1. The van der Waals surface area contributed by atoms with E-state index in [4.69, 9.17) is 23.7 Å². The van der Waals surface area contributed by atoms with Gasteiger partial charge in [0.25, 0.3) is 0 Å². The van der Waals surface area contributed by atoms with E-state index in [0.717, 1.165) is 24.8 Å². The average molecular weight is 563 g/mol. The molecule has 2 aromatic heterocycles. The van der Waals surface area contributed by atoms with Crippen LogP contribution in [-0.2, 0) is 20.8 Å². The molecule has 2 atom stereocenters. The second-order valence-electron chi connectivity index (χ2n) is 11.8. The zero-order valence-corrected chi connectivity index (χ0v) is 25.1. The maximum atomic E-state index is 15.8. The quantitative estimate of drug-likeness (QED) is 0.229. The third kappa shape index (κ3) is 7.26. The van der Waals surface area contributed by atoms with E-state index in [1.807, 2.05) is 12.3 Å². The molecule has 4 rings (SSSR count).